The number of thiophene rings is 1. The number of ether oxygens (including phenoxy) is 1. The Labute approximate surface area is 120 Å². The Morgan fingerprint density at radius 1 is 1.28 bits per heavy atom. The molecule has 0 aliphatic carbocycles. The van der Waals surface area contributed by atoms with Gasteiger partial charge >= 0.3 is 0 Å². The average molecular weight is 326 g/mol. The van der Waals surface area contributed by atoms with E-state index in [9.17, 15) is 0 Å². The fourth-order valence-electron chi connectivity index (χ4n) is 1.69. The Hall–Kier alpha value is -0.840. The molecule has 0 unspecified atom stereocenters. The van der Waals surface area contributed by atoms with Crippen LogP contribution in [0.5, 0.6) is 5.75 Å². The van der Waals surface area contributed by atoms with Gasteiger partial charge in [0.05, 0.1) is 7.11 Å². The second kappa shape index (κ2) is 6.36. The fraction of sp³-hybridized carbons (Fsp3) is 0.286. The number of methoxy groups -OCH3 is 1. The Kier molecular flexibility index (Phi) is 4.80. The third-order valence-corrected chi connectivity index (χ3v) is 4.46. The molecule has 96 valence electrons. The molecule has 0 atom stereocenters. The zero-order valence-corrected chi connectivity index (χ0v) is 12.9. The lowest BCUT2D eigenvalue weighted by molar-refractivity contribution is 0.415. The molecule has 0 spiro atoms. The second-order valence-electron chi connectivity index (χ2n) is 3.89. The van der Waals surface area contributed by atoms with Crippen LogP contribution >= 0.6 is 27.3 Å². The van der Waals surface area contributed by atoms with Crippen LogP contribution in [-0.2, 0) is 6.54 Å². The van der Waals surface area contributed by atoms with Crippen LogP contribution in [0.25, 0.3) is 10.4 Å². The van der Waals surface area contributed by atoms with Gasteiger partial charge in [-0.3, -0.25) is 0 Å². The molecule has 0 saturated heterocycles. The Morgan fingerprint density at radius 3 is 2.83 bits per heavy atom. The Bertz CT molecular complexity index is 524. The summed E-state index contributed by atoms with van der Waals surface area (Å²) < 4.78 is 6.37. The maximum absolute atomic E-state index is 5.27. The molecular formula is C14H16BrNOS. The maximum Gasteiger partial charge on any atom is 0.119 e. The van der Waals surface area contributed by atoms with Crippen LogP contribution in [0, 0.1) is 0 Å². The van der Waals surface area contributed by atoms with Crippen LogP contribution in [0.15, 0.2) is 34.8 Å². The van der Waals surface area contributed by atoms with Gasteiger partial charge in [-0.25, -0.2) is 0 Å². The van der Waals surface area contributed by atoms with E-state index in [0.717, 1.165) is 23.3 Å². The lowest BCUT2D eigenvalue weighted by Gasteiger charge is -2.05. The summed E-state index contributed by atoms with van der Waals surface area (Å²) in [5.41, 5.74) is 1.18. The molecule has 18 heavy (non-hydrogen) atoms. The molecule has 1 aromatic heterocycles. The van der Waals surface area contributed by atoms with Crippen molar-refractivity contribution in [3.8, 4) is 16.2 Å². The molecule has 1 aromatic carbocycles. The highest BCUT2D eigenvalue weighted by atomic mass is 79.9. The van der Waals surface area contributed by atoms with E-state index in [1.165, 1.54) is 15.3 Å². The highest BCUT2D eigenvalue weighted by molar-refractivity contribution is 9.10. The van der Waals surface area contributed by atoms with E-state index in [1.807, 2.05) is 23.5 Å². The number of nitrogens with one attached hydrogen (secondary N) is 1. The van der Waals surface area contributed by atoms with Crippen molar-refractivity contribution in [2.45, 2.75) is 13.5 Å². The standard InChI is InChI=1S/C14H16BrNOS/c1-3-16-9-11-5-7-14(18-11)12-8-10(17-2)4-6-13(12)15/h4-8,16H,3,9H2,1-2H3. The topological polar surface area (TPSA) is 21.3 Å². The van der Waals surface area contributed by atoms with Crippen molar-refractivity contribution < 1.29 is 4.74 Å². The van der Waals surface area contributed by atoms with Crippen molar-refractivity contribution in [2.75, 3.05) is 13.7 Å². The molecule has 0 radical (unpaired) electrons. The predicted molar refractivity (Wildman–Crippen MR) is 81.4 cm³/mol. The van der Waals surface area contributed by atoms with E-state index in [2.05, 4.69) is 46.4 Å². The summed E-state index contributed by atoms with van der Waals surface area (Å²) in [5.74, 6) is 0.884. The zero-order valence-electron chi connectivity index (χ0n) is 10.5. The monoisotopic (exact) mass is 325 g/mol. The number of benzene rings is 1. The third kappa shape index (κ3) is 3.13. The SMILES string of the molecule is CCNCc1ccc(-c2cc(OC)ccc2Br)s1. The molecule has 0 amide bonds. The Balaban J connectivity index is 2.27. The maximum atomic E-state index is 5.27. The summed E-state index contributed by atoms with van der Waals surface area (Å²) >= 11 is 5.40. The van der Waals surface area contributed by atoms with Crippen molar-refractivity contribution in [1.82, 2.24) is 5.32 Å². The van der Waals surface area contributed by atoms with E-state index >= 15 is 0 Å². The molecule has 1 N–H and O–H groups in total. The first-order chi connectivity index (χ1) is 8.74. The molecule has 0 aliphatic heterocycles. The van der Waals surface area contributed by atoms with E-state index in [0.29, 0.717) is 0 Å². The molecule has 2 nitrogen and oxygen atoms in total. The number of halogens is 1. The van der Waals surface area contributed by atoms with Crippen molar-refractivity contribution in [1.29, 1.82) is 0 Å². The highest BCUT2D eigenvalue weighted by Crippen LogP contribution is 2.35. The van der Waals surface area contributed by atoms with Crippen LogP contribution in [-0.4, -0.2) is 13.7 Å². The average Bonchev–Trinajstić information content (AvgIpc) is 2.85. The van der Waals surface area contributed by atoms with Crippen molar-refractivity contribution in [3.05, 3.63) is 39.7 Å². The minimum atomic E-state index is 0.884. The Morgan fingerprint density at radius 2 is 2.11 bits per heavy atom. The van der Waals surface area contributed by atoms with E-state index in [-0.39, 0.29) is 0 Å². The minimum Gasteiger partial charge on any atom is -0.497 e. The molecule has 2 aromatic rings. The number of rotatable bonds is 5. The molecular weight excluding hydrogens is 310 g/mol. The highest BCUT2D eigenvalue weighted by Gasteiger charge is 2.08. The molecule has 2 rings (SSSR count). The van der Waals surface area contributed by atoms with Crippen LogP contribution < -0.4 is 10.1 Å². The lowest BCUT2D eigenvalue weighted by atomic mass is 10.2. The quantitative estimate of drug-likeness (QED) is 0.885. The minimum absolute atomic E-state index is 0.884. The summed E-state index contributed by atoms with van der Waals surface area (Å²) in [5, 5.41) is 3.34. The summed E-state index contributed by atoms with van der Waals surface area (Å²) in [6.45, 7) is 4.05. The molecule has 0 bridgehead atoms. The predicted octanol–water partition coefficient (Wildman–Crippen LogP) is 4.30. The van der Waals surface area contributed by atoms with Gasteiger partial charge < -0.3 is 10.1 Å². The van der Waals surface area contributed by atoms with Gasteiger partial charge in [-0.1, -0.05) is 22.9 Å². The molecule has 0 fully saturated rings. The van der Waals surface area contributed by atoms with E-state index < -0.39 is 0 Å². The van der Waals surface area contributed by atoms with Crippen molar-refractivity contribution >= 4 is 27.3 Å². The number of hydrogen-bond donors (Lipinski definition) is 1. The largest absolute Gasteiger partial charge is 0.497 e. The van der Waals surface area contributed by atoms with Crippen LogP contribution in [0.3, 0.4) is 0 Å². The van der Waals surface area contributed by atoms with Crippen LogP contribution in [0.4, 0.5) is 0 Å². The fourth-order valence-corrected chi connectivity index (χ4v) is 3.29. The number of hydrogen-bond acceptors (Lipinski definition) is 3. The van der Waals surface area contributed by atoms with Crippen LogP contribution in [0.2, 0.25) is 0 Å². The first kappa shape index (κ1) is 13.6. The summed E-state index contributed by atoms with van der Waals surface area (Å²) in [4.78, 5) is 2.61. The smallest absolute Gasteiger partial charge is 0.119 e. The summed E-state index contributed by atoms with van der Waals surface area (Å²) in [7, 11) is 1.69. The van der Waals surface area contributed by atoms with Crippen molar-refractivity contribution in [3.63, 3.8) is 0 Å². The van der Waals surface area contributed by atoms with Crippen LogP contribution in [0.1, 0.15) is 11.8 Å². The van der Waals surface area contributed by atoms with E-state index in [4.69, 9.17) is 4.74 Å². The van der Waals surface area contributed by atoms with E-state index in [1.54, 1.807) is 7.11 Å². The van der Waals surface area contributed by atoms with Gasteiger partial charge in [0, 0.05) is 26.3 Å². The van der Waals surface area contributed by atoms with Gasteiger partial charge in [0.15, 0.2) is 0 Å². The third-order valence-electron chi connectivity index (χ3n) is 2.65. The first-order valence-electron chi connectivity index (χ1n) is 5.88. The van der Waals surface area contributed by atoms with Gasteiger partial charge in [-0.05, 0) is 36.9 Å². The van der Waals surface area contributed by atoms with Crippen molar-refractivity contribution in [2.24, 2.45) is 0 Å². The summed E-state index contributed by atoms with van der Waals surface area (Å²) in [6, 6.07) is 10.4. The van der Waals surface area contributed by atoms with Gasteiger partial charge in [0.25, 0.3) is 0 Å². The van der Waals surface area contributed by atoms with Gasteiger partial charge in [0.1, 0.15) is 5.75 Å². The normalized spacial score (nSPS) is 10.6. The van der Waals surface area contributed by atoms with Gasteiger partial charge in [0.2, 0.25) is 0 Å². The molecule has 1 heterocycles. The molecule has 4 heteroatoms. The zero-order chi connectivity index (χ0) is 13.0. The van der Waals surface area contributed by atoms with Gasteiger partial charge in [-0.15, -0.1) is 11.3 Å². The second-order valence-corrected chi connectivity index (χ2v) is 5.91. The molecule has 0 saturated carbocycles. The molecule has 0 aliphatic rings. The first-order valence-corrected chi connectivity index (χ1v) is 7.49. The van der Waals surface area contributed by atoms with Gasteiger partial charge in [-0.2, -0.15) is 0 Å². The summed E-state index contributed by atoms with van der Waals surface area (Å²) in [6.07, 6.45) is 0. The lowest BCUT2D eigenvalue weighted by Crippen LogP contribution is -2.10.